The van der Waals surface area contributed by atoms with Crippen molar-refractivity contribution in [1.82, 2.24) is 0 Å². The summed E-state index contributed by atoms with van der Waals surface area (Å²) in [5.41, 5.74) is 3.00. The number of rotatable bonds is 4. The van der Waals surface area contributed by atoms with Crippen molar-refractivity contribution in [2.24, 2.45) is 0 Å². The zero-order valence-electron chi connectivity index (χ0n) is 10.3. The zero-order chi connectivity index (χ0) is 12.8. The lowest BCUT2D eigenvalue weighted by Crippen LogP contribution is -2.01. The predicted octanol–water partition coefficient (Wildman–Crippen LogP) is 3.29. The van der Waals surface area contributed by atoms with Crippen LogP contribution in [0.2, 0.25) is 0 Å². The fourth-order valence-electron chi connectivity index (χ4n) is 1.77. The van der Waals surface area contributed by atoms with Gasteiger partial charge in [0.05, 0.1) is 7.11 Å². The number of para-hydroxylation sites is 1. The lowest BCUT2D eigenvalue weighted by molar-refractivity contribution is 0.410. The molecule has 0 saturated carbocycles. The van der Waals surface area contributed by atoms with Crippen LogP contribution in [0.4, 0.5) is 5.69 Å². The lowest BCUT2D eigenvalue weighted by atomic mass is 10.1. The molecule has 0 spiro atoms. The van der Waals surface area contributed by atoms with Crippen molar-refractivity contribution in [1.29, 1.82) is 0 Å². The van der Waals surface area contributed by atoms with Crippen molar-refractivity contribution >= 4 is 5.69 Å². The maximum atomic E-state index is 5.37. The van der Waals surface area contributed by atoms with Crippen molar-refractivity contribution < 1.29 is 4.74 Å². The molecule has 0 aliphatic rings. The Balaban J connectivity index is 2.09. The summed E-state index contributed by atoms with van der Waals surface area (Å²) in [6, 6.07) is 15.8. The summed E-state index contributed by atoms with van der Waals surface area (Å²) in [5, 5.41) is 3.33. The van der Waals surface area contributed by atoms with Gasteiger partial charge in [-0.25, -0.2) is 0 Å². The Hall–Kier alpha value is -2.40. The van der Waals surface area contributed by atoms with Gasteiger partial charge in [0.1, 0.15) is 5.75 Å². The number of hydrogen-bond donors (Lipinski definition) is 1. The first-order chi connectivity index (χ1) is 8.83. The highest BCUT2D eigenvalue weighted by molar-refractivity contribution is 5.50. The van der Waals surface area contributed by atoms with Gasteiger partial charge in [-0.3, -0.25) is 0 Å². The molecule has 0 unspecified atom stereocenters. The monoisotopic (exact) mass is 237 g/mol. The van der Waals surface area contributed by atoms with E-state index in [1.807, 2.05) is 48.5 Å². The van der Waals surface area contributed by atoms with Crippen molar-refractivity contribution in [2.45, 2.75) is 6.54 Å². The van der Waals surface area contributed by atoms with E-state index >= 15 is 0 Å². The second-order valence-corrected chi connectivity index (χ2v) is 3.89. The van der Waals surface area contributed by atoms with Crippen molar-refractivity contribution in [2.75, 3.05) is 12.4 Å². The largest absolute Gasteiger partial charge is 0.496 e. The summed E-state index contributed by atoms with van der Waals surface area (Å²) in [6.07, 6.45) is 5.37. The van der Waals surface area contributed by atoms with Crippen LogP contribution in [0.25, 0.3) is 0 Å². The molecular weight excluding hydrogens is 222 g/mol. The number of terminal acetylenes is 1. The van der Waals surface area contributed by atoms with E-state index in [2.05, 4.69) is 11.2 Å². The third kappa shape index (κ3) is 2.83. The van der Waals surface area contributed by atoms with Crippen LogP contribution in [0.5, 0.6) is 5.75 Å². The first kappa shape index (κ1) is 12.1. The first-order valence-electron chi connectivity index (χ1n) is 5.76. The van der Waals surface area contributed by atoms with Crippen LogP contribution in [0.3, 0.4) is 0 Å². The van der Waals surface area contributed by atoms with E-state index in [0.29, 0.717) is 6.54 Å². The Labute approximate surface area is 108 Å². The summed E-state index contributed by atoms with van der Waals surface area (Å²) in [7, 11) is 1.68. The van der Waals surface area contributed by atoms with Gasteiger partial charge in [0.15, 0.2) is 0 Å². The van der Waals surface area contributed by atoms with E-state index in [-0.39, 0.29) is 0 Å². The van der Waals surface area contributed by atoms with Crippen molar-refractivity contribution in [3.05, 3.63) is 59.7 Å². The molecule has 2 aromatic carbocycles. The number of benzene rings is 2. The molecule has 90 valence electrons. The molecule has 0 aliphatic carbocycles. The van der Waals surface area contributed by atoms with Crippen LogP contribution in [0, 0.1) is 12.3 Å². The van der Waals surface area contributed by atoms with E-state index in [4.69, 9.17) is 11.2 Å². The Kier molecular flexibility index (Phi) is 3.88. The number of nitrogens with one attached hydrogen (secondary N) is 1. The Morgan fingerprint density at radius 3 is 2.78 bits per heavy atom. The summed E-state index contributed by atoms with van der Waals surface area (Å²) < 4.78 is 5.31. The third-order valence-electron chi connectivity index (χ3n) is 2.70. The number of anilines is 1. The maximum Gasteiger partial charge on any atom is 0.123 e. The Bertz CT molecular complexity index is 569. The van der Waals surface area contributed by atoms with Gasteiger partial charge in [-0.05, 0) is 24.3 Å². The number of ether oxygens (including phenoxy) is 1. The van der Waals surface area contributed by atoms with Gasteiger partial charge < -0.3 is 10.1 Å². The highest BCUT2D eigenvalue weighted by Crippen LogP contribution is 2.19. The molecule has 0 bridgehead atoms. The smallest absolute Gasteiger partial charge is 0.123 e. The molecule has 2 heteroatoms. The lowest BCUT2D eigenvalue weighted by Gasteiger charge is -2.10. The minimum absolute atomic E-state index is 0.706. The molecule has 2 nitrogen and oxygen atoms in total. The molecule has 1 N–H and O–H groups in total. The van der Waals surface area contributed by atoms with E-state index in [1.54, 1.807) is 7.11 Å². The summed E-state index contributed by atoms with van der Waals surface area (Å²) in [4.78, 5) is 0. The van der Waals surface area contributed by atoms with Crippen LogP contribution < -0.4 is 10.1 Å². The van der Waals surface area contributed by atoms with Crippen LogP contribution in [0.1, 0.15) is 11.1 Å². The van der Waals surface area contributed by atoms with Crippen molar-refractivity contribution in [3.8, 4) is 18.1 Å². The van der Waals surface area contributed by atoms with E-state index in [1.165, 1.54) is 0 Å². The van der Waals surface area contributed by atoms with Gasteiger partial charge in [-0.15, -0.1) is 6.42 Å². The Morgan fingerprint density at radius 2 is 2.00 bits per heavy atom. The van der Waals surface area contributed by atoms with Gasteiger partial charge in [0.2, 0.25) is 0 Å². The first-order valence-corrected chi connectivity index (χ1v) is 5.76. The molecule has 2 aromatic rings. The third-order valence-corrected chi connectivity index (χ3v) is 2.70. The van der Waals surface area contributed by atoms with Gasteiger partial charge >= 0.3 is 0 Å². The topological polar surface area (TPSA) is 21.3 Å². The van der Waals surface area contributed by atoms with Gasteiger partial charge in [-0.1, -0.05) is 30.2 Å². The quantitative estimate of drug-likeness (QED) is 0.824. The molecular formula is C16H15NO. The van der Waals surface area contributed by atoms with Gasteiger partial charge in [-0.2, -0.15) is 0 Å². The highest BCUT2D eigenvalue weighted by atomic mass is 16.5. The molecule has 0 aromatic heterocycles. The highest BCUT2D eigenvalue weighted by Gasteiger charge is 2.01. The van der Waals surface area contributed by atoms with Crippen LogP contribution in [-0.4, -0.2) is 7.11 Å². The van der Waals surface area contributed by atoms with Crippen LogP contribution in [0.15, 0.2) is 48.5 Å². The molecule has 2 rings (SSSR count). The molecule has 0 fully saturated rings. The van der Waals surface area contributed by atoms with Crippen LogP contribution >= 0.6 is 0 Å². The average Bonchev–Trinajstić information content (AvgIpc) is 2.45. The number of methoxy groups -OCH3 is 1. The summed E-state index contributed by atoms with van der Waals surface area (Å²) in [6.45, 7) is 0.706. The fourth-order valence-corrected chi connectivity index (χ4v) is 1.77. The standard InChI is InChI=1S/C16H15NO/c1-3-13-7-6-9-15(11-13)17-12-14-8-4-5-10-16(14)18-2/h1,4-11,17H,12H2,2H3. The van der Waals surface area contributed by atoms with Gasteiger partial charge in [0, 0.05) is 23.4 Å². The predicted molar refractivity (Wildman–Crippen MR) is 74.7 cm³/mol. The maximum absolute atomic E-state index is 5.37. The summed E-state index contributed by atoms with van der Waals surface area (Å²) in [5.74, 6) is 3.51. The average molecular weight is 237 g/mol. The van der Waals surface area contributed by atoms with E-state index < -0.39 is 0 Å². The SMILES string of the molecule is C#Cc1cccc(NCc2ccccc2OC)c1. The fraction of sp³-hybridized carbons (Fsp3) is 0.125. The zero-order valence-corrected chi connectivity index (χ0v) is 10.3. The molecule has 0 amide bonds. The van der Waals surface area contributed by atoms with Crippen LogP contribution in [-0.2, 0) is 6.54 Å². The Morgan fingerprint density at radius 1 is 1.17 bits per heavy atom. The van der Waals surface area contributed by atoms with E-state index in [9.17, 15) is 0 Å². The number of hydrogen-bond acceptors (Lipinski definition) is 2. The summed E-state index contributed by atoms with van der Waals surface area (Å²) >= 11 is 0. The van der Waals surface area contributed by atoms with Crippen molar-refractivity contribution in [3.63, 3.8) is 0 Å². The minimum Gasteiger partial charge on any atom is -0.496 e. The molecule has 0 saturated heterocycles. The molecule has 18 heavy (non-hydrogen) atoms. The normalized spacial score (nSPS) is 9.56. The molecule has 0 atom stereocenters. The molecule has 0 heterocycles. The molecule has 0 radical (unpaired) electrons. The van der Waals surface area contributed by atoms with Gasteiger partial charge in [0.25, 0.3) is 0 Å². The minimum atomic E-state index is 0.706. The second kappa shape index (κ2) is 5.79. The van der Waals surface area contributed by atoms with E-state index in [0.717, 1.165) is 22.6 Å². The second-order valence-electron chi connectivity index (χ2n) is 3.89. The molecule has 0 aliphatic heterocycles.